The second-order valence-electron chi connectivity index (χ2n) is 7.16. The molecule has 0 radical (unpaired) electrons. The molecule has 7 heteroatoms. The van der Waals surface area contributed by atoms with Crippen LogP contribution in [0.4, 0.5) is 5.69 Å². The van der Waals surface area contributed by atoms with Gasteiger partial charge in [0.2, 0.25) is 5.43 Å². The van der Waals surface area contributed by atoms with Gasteiger partial charge in [0.05, 0.1) is 11.2 Å². The van der Waals surface area contributed by atoms with Gasteiger partial charge in [-0.25, -0.2) is 0 Å². The maximum atomic E-state index is 13.1. The molecule has 0 bridgehead atoms. The average molecular weight is 465 g/mol. The van der Waals surface area contributed by atoms with Crippen molar-refractivity contribution in [3.05, 3.63) is 110 Å². The Hall–Kier alpha value is -3.41. The lowest BCUT2D eigenvalue weighted by molar-refractivity contribution is 0.102. The van der Waals surface area contributed by atoms with Gasteiger partial charge in [-0.15, -0.1) is 0 Å². The first-order chi connectivity index (χ1) is 15.4. The largest absolute Gasteiger partial charge is 0.347 e. The number of rotatable bonds is 5. The fourth-order valence-electron chi connectivity index (χ4n) is 3.54. The highest BCUT2D eigenvalue weighted by molar-refractivity contribution is 6.32. The smallest absolute Gasteiger partial charge is 0.261 e. The van der Waals surface area contributed by atoms with Crippen LogP contribution in [0.1, 0.15) is 33.2 Å². The first kappa shape index (κ1) is 21.8. The Balaban J connectivity index is 1.77. The van der Waals surface area contributed by atoms with Crippen LogP contribution in [0.2, 0.25) is 10.0 Å². The summed E-state index contributed by atoms with van der Waals surface area (Å²) < 4.78 is 1.81. The Bertz CT molecular complexity index is 1410. The van der Waals surface area contributed by atoms with E-state index in [0.717, 1.165) is 0 Å². The molecule has 1 amide bonds. The van der Waals surface area contributed by atoms with E-state index in [1.807, 2.05) is 13.0 Å². The SMILES string of the molecule is CCn1cc(C(=O)Nc2ccc(Cl)cc2C(=O)c2ccccc2)c(=O)c2cc(Cl)ccc21. The molecule has 5 nitrogen and oxygen atoms in total. The van der Waals surface area contributed by atoms with E-state index in [4.69, 9.17) is 23.2 Å². The van der Waals surface area contributed by atoms with Gasteiger partial charge < -0.3 is 9.88 Å². The standard InChI is InChI=1S/C25H18Cl2N2O3/c1-2-29-14-20(24(31)19-13-17(27)9-11-22(19)29)25(32)28-21-10-8-16(26)12-18(21)23(30)15-6-4-3-5-7-15/h3-14H,2H2,1H3,(H,28,32). The number of carbonyl (C=O) groups is 2. The average Bonchev–Trinajstić information content (AvgIpc) is 2.80. The minimum Gasteiger partial charge on any atom is -0.347 e. The van der Waals surface area contributed by atoms with Crippen molar-refractivity contribution in [2.75, 3.05) is 5.32 Å². The third kappa shape index (κ3) is 4.17. The Kier molecular flexibility index (Phi) is 6.12. The first-order valence-electron chi connectivity index (χ1n) is 9.92. The van der Waals surface area contributed by atoms with Gasteiger partial charge in [0.1, 0.15) is 5.56 Å². The first-order valence-corrected chi connectivity index (χ1v) is 10.7. The number of aryl methyl sites for hydroxylation is 1. The lowest BCUT2D eigenvalue weighted by atomic mass is 10.0. The van der Waals surface area contributed by atoms with Crippen LogP contribution in [0, 0.1) is 0 Å². The highest BCUT2D eigenvalue weighted by Gasteiger charge is 2.20. The molecule has 160 valence electrons. The Labute approximate surface area is 194 Å². The molecule has 0 spiro atoms. The van der Waals surface area contributed by atoms with Crippen molar-refractivity contribution in [2.24, 2.45) is 0 Å². The normalized spacial score (nSPS) is 10.8. The summed E-state index contributed by atoms with van der Waals surface area (Å²) in [5, 5.41) is 3.83. The Morgan fingerprint density at radius 1 is 0.906 bits per heavy atom. The molecule has 3 aromatic carbocycles. The van der Waals surface area contributed by atoms with Crippen molar-refractivity contribution in [1.29, 1.82) is 0 Å². The molecule has 0 unspecified atom stereocenters. The Morgan fingerprint density at radius 2 is 1.59 bits per heavy atom. The second-order valence-corrected chi connectivity index (χ2v) is 8.03. The van der Waals surface area contributed by atoms with E-state index in [0.29, 0.717) is 33.1 Å². The van der Waals surface area contributed by atoms with Gasteiger partial charge in [0.15, 0.2) is 5.78 Å². The van der Waals surface area contributed by atoms with Crippen molar-refractivity contribution in [2.45, 2.75) is 13.5 Å². The van der Waals surface area contributed by atoms with Gasteiger partial charge in [0, 0.05) is 39.3 Å². The van der Waals surface area contributed by atoms with Crippen LogP contribution in [0.5, 0.6) is 0 Å². The number of hydrogen-bond acceptors (Lipinski definition) is 3. The molecule has 1 heterocycles. The molecule has 0 saturated carbocycles. The summed E-state index contributed by atoms with van der Waals surface area (Å²) >= 11 is 12.2. The molecule has 0 aliphatic carbocycles. The third-order valence-electron chi connectivity index (χ3n) is 5.14. The number of nitrogens with one attached hydrogen (secondary N) is 1. The van der Waals surface area contributed by atoms with Crippen LogP contribution in [-0.4, -0.2) is 16.3 Å². The van der Waals surface area contributed by atoms with Crippen molar-refractivity contribution >= 4 is 51.5 Å². The van der Waals surface area contributed by atoms with Crippen LogP contribution < -0.4 is 10.7 Å². The van der Waals surface area contributed by atoms with E-state index < -0.39 is 11.3 Å². The lowest BCUT2D eigenvalue weighted by Crippen LogP contribution is -2.24. The minimum absolute atomic E-state index is 0.0466. The molecule has 4 rings (SSSR count). The molecule has 0 fully saturated rings. The highest BCUT2D eigenvalue weighted by atomic mass is 35.5. The fraction of sp³-hybridized carbons (Fsp3) is 0.0800. The van der Waals surface area contributed by atoms with Crippen LogP contribution in [0.15, 0.2) is 77.7 Å². The zero-order valence-electron chi connectivity index (χ0n) is 17.1. The maximum Gasteiger partial charge on any atom is 0.261 e. The van der Waals surface area contributed by atoms with E-state index >= 15 is 0 Å². The lowest BCUT2D eigenvalue weighted by Gasteiger charge is -2.14. The molecular weight excluding hydrogens is 447 g/mol. The molecule has 1 aromatic heterocycles. The van der Waals surface area contributed by atoms with E-state index in [2.05, 4.69) is 5.32 Å². The monoisotopic (exact) mass is 464 g/mol. The quantitative estimate of drug-likeness (QED) is 0.378. The summed E-state index contributed by atoms with van der Waals surface area (Å²) in [4.78, 5) is 39.2. The summed E-state index contributed by atoms with van der Waals surface area (Å²) in [5.41, 5.74) is 1.16. The van der Waals surface area contributed by atoms with E-state index in [1.165, 1.54) is 12.3 Å². The van der Waals surface area contributed by atoms with E-state index in [1.54, 1.807) is 59.2 Å². The second kappa shape index (κ2) is 8.99. The van der Waals surface area contributed by atoms with Gasteiger partial charge in [-0.1, -0.05) is 53.5 Å². The number of ketones is 1. The summed E-state index contributed by atoms with van der Waals surface area (Å²) in [6, 6.07) is 18.3. The number of carbonyl (C=O) groups excluding carboxylic acids is 2. The number of aromatic nitrogens is 1. The summed E-state index contributed by atoms with van der Waals surface area (Å²) in [6.07, 6.45) is 1.52. The van der Waals surface area contributed by atoms with Gasteiger partial charge in [-0.05, 0) is 43.3 Å². The predicted molar refractivity (Wildman–Crippen MR) is 128 cm³/mol. The summed E-state index contributed by atoms with van der Waals surface area (Å²) in [5.74, 6) is -0.914. The van der Waals surface area contributed by atoms with E-state index in [9.17, 15) is 14.4 Å². The van der Waals surface area contributed by atoms with Crippen LogP contribution in [0.3, 0.4) is 0 Å². The zero-order chi connectivity index (χ0) is 22.8. The number of anilines is 1. The number of nitrogens with zero attached hydrogens (tertiary/aromatic N) is 1. The number of hydrogen-bond donors (Lipinski definition) is 1. The maximum absolute atomic E-state index is 13.1. The van der Waals surface area contributed by atoms with Crippen LogP contribution in [0.25, 0.3) is 10.9 Å². The number of benzene rings is 3. The number of fused-ring (bicyclic) bond motifs is 1. The number of halogens is 2. The molecule has 0 atom stereocenters. The summed E-state index contributed by atoms with van der Waals surface area (Å²) in [7, 11) is 0. The van der Waals surface area contributed by atoms with Crippen LogP contribution in [-0.2, 0) is 6.54 Å². The Morgan fingerprint density at radius 3 is 2.31 bits per heavy atom. The van der Waals surface area contributed by atoms with Gasteiger partial charge >= 0.3 is 0 Å². The van der Waals surface area contributed by atoms with Crippen molar-refractivity contribution in [3.8, 4) is 0 Å². The molecular formula is C25H18Cl2N2O3. The molecule has 4 aromatic rings. The van der Waals surface area contributed by atoms with E-state index in [-0.39, 0.29) is 22.6 Å². The van der Waals surface area contributed by atoms with Gasteiger partial charge in [-0.2, -0.15) is 0 Å². The number of amides is 1. The van der Waals surface area contributed by atoms with Gasteiger partial charge in [0.25, 0.3) is 5.91 Å². The fourth-order valence-corrected chi connectivity index (χ4v) is 3.89. The highest BCUT2D eigenvalue weighted by Crippen LogP contribution is 2.25. The molecule has 32 heavy (non-hydrogen) atoms. The van der Waals surface area contributed by atoms with Crippen molar-refractivity contribution in [3.63, 3.8) is 0 Å². The minimum atomic E-state index is -0.622. The molecule has 0 aliphatic heterocycles. The molecule has 0 saturated heterocycles. The van der Waals surface area contributed by atoms with Crippen molar-refractivity contribution in [1.82, 2.24) is 4.57 Å². The topological polar surface area (TPSA) is 68.2 Å². The zero-order valence-corrected chi connectivity index (χ0v) is 18.6. The molecule has 0 aliphatic rings. The predicted octanol–water partition coefficient (Wildman–Crippen LogP) is 5.81. The number of pyridine rings is 1. The summed E-state index contributed by atoms with van der Waals surface area (Å²) in [6.45, 7) is 2.47. The van der Waals surface area contributed by atoms with Crippen LogP contribution >= 0.6 is 23.2 Å². The third-order valence-corrected chi connectivity index (χ3v) is 5.61. The van der Waals surface area contributed by atoms with Gasteiger partial charge in [-0.3, -0.25) is 14.4 Å². The molecule has 1 N–H and O–H groups in total. The van der Waals surface area contributed by atoms with Crippen molar-refractivity contribution < 1.29 is 9.59 Å².